The third-order valence-corrected chi connectivity index (χ3v) is 4.20. The van der Waals surface area contributed by atoms with Gasteiger partial charge in [0.05, 0.1) is 11.4 Å². The van der Waals surface area contributed by atoms with Gasteiger partial charge in [0.1, 0.15) is 0 Å². The number of aromatic nitrogens is 1. The Balaban J connectivity index is 1.89. The Morgan fingerprint density at radius 1 is 1.29 bits per heavy atom. The van der Waals surface area contributed by atoms with Crippen LogP contribution in [0.25, 0.3) is 0 Å². The molecule has 1 saturated heterocycles. The van der Waals surface area contributed by atoms with E-state index in [1.165, 1.54) is 12.2 Å². The maximum Gasteiger partial charge on any atom is 0.0547 e. The van der Waals surface area contributed by atoms with E-state index < -0.39 is 0 Å². The molecule has 1 N–H and O–H groups in total. The van der Waals surface area contributed by atoms with Gasteiger partial charge in [0.15, 0.2) is 0 Å². The first kappa shape index (κ1) is 16.4. The van der Waals surface area contributed by atoms with E-state index in [9.17, 15) is 0 Å². The molecule has 4 heteroatoms. The second-order valence-corrected chi connectivity index (χ2v) is 6.37. The van der Waals surface area contributed by atoms with Crippen LogP contribution in [0.15, 0.2) is 18.2 Å². The summed E-state index contributed by atoms with van der Waals surface area (Å²) in [4.78, 5) is 9.86. The number of hydrogen-bond acceptors (Lipinski definition) is 4. The van der Waals surface area contributed by atoms with Crippen molar-refractivity contribution in [3.63, 3.8) is 0 Å². The van der Waals surface area contributed by atoms with Crippen molar-refractivity contribution in [3.05, 3.63) is 29.6 Å². The van der Waals surface area contributed by atoms with Gasteiger partial charge in [-0.25, -0.2) is 0 Å². The molecule has 1 atom stereocenters. The number of hydrogen-bond donors (Lipinski definition) is 1. The van der Waals surface area contributed by atoms with E-state index in [0.29, 0.717) is 12.1 Å². The molecule has 4 nitrogen and oxygen atoms in total. The lowest BCUT2D eigenvalue weighted by molar-refractivity contribution is 0.0826. The van der Waals surface area contributed by atoms with Crippen LogP contribution in [0.4, 0.5) is 0 Å². The van der Waals surface area contributed by atoms with Crippen molar-refractivity contribution in [1.29, 1.82) is 0 Å². The molecule has 21 heavy (non-hydrogen) atoms. The predicted molar refractivity (Wildman–Crippen MR) is 88.2 cm³/mol. The zero-order valence-corrected chi connectivity index (χ0v) is 14.0. The highest BCUT2D eigenvalue weighted by Gasteiger charge is 2.22. The highest BCUT2D eigenvalue weighted by atomic mass is 15.3. The largest absolute Gasteiger partial charge is 0.309 e. The Morgan fingerprint density at radius 2 is 2.05 bits per heavy atom. The molecule has 0 amide bonds. The smallest absolute Gasteiger partial charge is 0.0547 e. The lowest BCUT2D eigenvalue weighted by Crippen LogP contribution is -2.51. The van der Waals surface area contributed by atoms with Gasteiger partial charge in [0.2, 0.25) is 0 Å². The minimum atomic E-state index is 0.499. The number of nitrogens with one attached hydrogen (secondary N) is 1. The molecule has 1 aromatic heterocycles. The van der Waals surface area contributed by atoms with Gasteiger partial charge >= 0.3 is 0 Å². The number of likely N-dealkylation sites (N-methyl/N-ethyl adjacent to an activating group) is 1. The second kappa shape index (κ2) is 7.87. The molecule has 0 spiro atoms. The molecular weight excluding hydrogens is 260 g/mol. The van der Waals surface area contributed by atoms with E-state index >= 15 is 0 Å². The van der Waals surface area contributed by atoms with Gasteiger partial charge in [-0.15, -0.1) is 0 Å². The summed E-state index contributed by atoms with van der Waals surface area (Å²) < 4.78 is 0. The van der Waals surface area contributed by atoms with Crippen molar-refractivity contribution in [2.24, 2.45) is 0 Å². The summed E-state index contributed by atoms with van der Waals surface area (Å²) in [5.41, 5.74) is 2.33. The SMILES string of the molecule is CCN1CCN(Cc2cccc(CNC(C)C)n2)CC1C. The molecule has 2 heterocycles. The first-order valence-electron chi connectivity index (χ1n) is 8.23. The molecular formula is C17H30N4. The number of piperazine rings is 1. The summed E-state index contributed by atoms with van der Waals surface area (Å²) in [7, 11) is 0. The van der Waals surface area contributed by atoms with Crippen molar-refractivity contribution < 1.29 is 0 Å². The zero-order chi connectivity index (χ0) is 15.2. The van der Waals surface area contributed by atoms with Crippen LogP contribution in [0.2, 0.25) is 0 Å². The minimum Gasteiger partial charge on any atom is -0.309 e. The van der Waals surface area contributed by atoms with Crippen LogP contribution in [-0.4, -0.2) is 53.0 Å². The quantitative estimate of drug-likeness (QED) is 0.869. The average molecular weight is 290 g/mol. The number of nitrogens with zero attached hydrogens (tertiary/aromatic N) is 3. The lowest BCUT2D eigenvalue weighted by Gasteiger charge is -2.39. The molecule has 0 bridgehead atoms. The number of pyridine rings is 1. The average Bonchev–Trinajstić information content (AvgIpc) is 2.46. The Hall–Kier alpha value is -0.970. The van der Waals surface area contributed by atoms with E-state index in [0.717, 1.165) is 38.4 Å². The fraction of sp³-hybridized carbons (Fsp3) is 0.706. The standard InChI is InChI=1S/C17H30N4/c1-5-21-10-9-20(12-15(21)4)13-17-8-6-7-16(19-17)11-18-14(2)3/h6-8,14-15,18H,5,9-13H2,1-4H3. The molecule has 0 radical (unpaired) electrons. The molecule has 0 aromatic carbocycles. The van der Waals surface area contributed by atoms with Crippen LogP contribution in [0, 0.1) is 0 Å². The fourth-order valence-corrected chi connectivity index (χ4v) is 2.94. The number of rotatable bonds is 6. The molecule has 1 aliphatic rings. The third kappa shape index (κ3) is 5.06. The molecule has 1 aromatic rings. The van der Waals surface area contributed by atoms with Gasteiger partial charge in [-0.3, -0.25) is 14.8 Å². The Morgan fingerprint density at radius 3 is 2.71 bits per heavy atom. The topological polar surface area (TPSA) is 31.4 Å². The molecule has 0 saturated carbocycles. The summed E-state index contributed by atoms with van der Waals surface area (Å²) in [6, 6.07) is 7.53. The van der Waals surface area contributed by atoms with Crippen molar-refractivity contribution in [2.45, 2.75) is 52.9 Å². The summed E-state index contributed by atoms with van der Waals surface area (Å²) in [6.45, 7) is 15.3. The second-order valence-electron chi connectivity index (χ2n) is 6.37. The van der Waals surface area contributed by atoms with Crippen molar-refractivity contribution in [3.8, 4) is 0 Å². The van der Waals surface area contributed by atoms with Crippen LogP contribution in [0.3, 0.4) is 0 Å². The normalized spacial score (nSPS) is 21.1. The first-order valence-corrected chi connectivity index (χ1v) is 8.23. The molecule has 0 aliphatic carbocycles. The van der Waals surface area contributed by atoms with Crippen molar-refractivity contribution in [1.82, 2.24) is 20.1 Å². The Kier molecular flexibility index (Phi) is 6.15. The predicted octanol–water partition coefficient (Wildman–Crippen LogP) is 2.11. The van der Waals surface area contributed by atoms with Crippen LogP contribution < -0.4 is 5.32 Å². The van der Waals surface area contributed by atoms with Gasteiger partial charge in [-0.1, -0.05) is 26.8 Å². The first-order chi connectivity index (χ1) is 10.1. The van der Waals surface area contributed by atoms with Gasteiger partial charge < -0.3 is 5.32 Å². The van der Waals surface area contributed by atoms with Gasteiger partial charge in [-0.05, 0) is 25.6 Å². The van der Waals surface area contributed by atoms with E-state index in [1.54, 1.807) is 0 Å². The lowest BCUT2D eigenvalue weighted by atomic mass is 10.2. The zero-order valence-electron chi connectivity index (χ0n) is 14.0. The van der Waals surface area contributed by atoms with Gasteiger partial charge in [-0.2, -0.15) is 0 Å². The summed E-state index contributed by atoms with van der Waals surface area (Å²) >= 11 is 0. The van der Waals surface area contributed by atoms with Crippen LogP contribution >= 0.6 is 0 Å². The van der Waals surface area contributed by atoms with E-state index in [1.807, 2.05) is 0 Å². The third-order valence-electron chi connectivity index (χ3n) is 4.20. The fourth-order valence-electron chi connectivity index (χ4n) is 2.94. The summed E-state index contributed by atoms with van der Waals surface area (Å²) in [5, 5.41) is 3.43. The maximum absolute atomic E-state index is 4.79. The summed E-state index contributed by atoms with van der Waals surface area (Å²) in [6.07, 6.45) is 0. The van der Waals surface area contributed by atoms with E-state index in [-0.39, 0.29) is 0 Å². The van der Waals surface area contributed by atoms with E-state index in [2.05, 4.69) is 61.0 Å². The van der Waals surface area contributed by atoms with Crippen LogP contribution in [0.5, 0.6) is 0 Å². The van der Waals surface area contributed by atoms with Gasteiger partial charge in [0, 0.05) is 44.8 Å². The van der Waals surface area contributed by atoms with Crippen molar-refractivity contribution in [2.75, 3.05) is 26.2 Å². The maximum atomic E-state index is 4.79. The van der Waals surface area contributed by atoms with Crippen LogP contribution in [0.1, 0.15) is 39.1 Å². The molecule has 1 fully saturated rings. The Bertz CT molecular complexity index is 433. The van der Waals surface area contributed by atoms with Gasteiger partial charge in [0.25, 0.3) is 0 Å². The highest BCUT2D eigenvalue weighted by Crippen LogP contribution is 2.12. The van der Waals surface area contributed by atoms with Crippen LogP contribution in [-0.2, 0) is 13.1 Å². The molecule has 1 unspecified atom stereocenters. The van der Waals surface area contributed by atoms with Crippen molar-refractivity contribution >= 4 is 0 Å². The molecule has 2 rings (SSSR count). The van der Waals surface area contributed by atoms with E-state index in [4.69, 9.17) is 4.98 Å². The molecule has 118 valence electrons. The minimum absolute atomic E-state index is 0.499. The Labute approximate surface area is 129 Å². The summed E-state index contributed by atoms with van der Waals surface area (Å²) in [5.74, 6) is 0. The monoisotopic (exact) mass is 290 g/mol. The highest BCUT2D eigenvalue weighted by molar-refractivity contribution is 5.11. The molecule has 1 aliphatic heterocycles.